The maximum atomic E-state index is 11.3. The molecule has 76 valence electrons. The number of carbonyl (C=O) groups is 2. The predicted molar refractivity (Wildman–Crippen MR) is 51.6 cm³/mol. The second-order valence-corrected chi connectivity index (χ2v) is 3.21. The summed E-state index contributed by atoms with van der Waals surface area (Å²) >= 11 is 3.86. The molecule has 3 atom stereocenters. The molecule has 5 nitrogen and oxygen atoms in total. The zero-order valence-electron chi connectivity index (χ0n) is 7.30. The SMILES string of the molecule is C[C@H](N)C(=O)C(CS)[C@@H](N)C(=O)O. The molecule has 1 unspecified atom stereocenters. The standard InChI is InChI=1S/C7H14N2O3S/c1-3(8)6(10)4(2-13)5(9)7(11)12/h3-5,13H,2,8-9H2,1H3,(H,11,12)/t3-,4?,5+/m0/s1. The monoisotopic (exact) mass is 206 g/mol. The van der Waals surface area contributed by atoms with Gasteiger partial charge in [-0.15, -0.1) is 0 Å². The van der Waals surface area contributed by atoms with Crippen LogP contribution in [-0.4, -0.2) is 34.7 Å². The zero-order chi connectivity index (χ0) is 10.6. The van der Waals surface area contributed by atoms with Crippen molar-refractivity contribution in [3.05, 3.63) is 0 Å². The van der Waals surface area contributed by atoms with Crippen LogP contribution in [0.3, 0.4) is 0 Å². The summed E-state index contributed by atoms with van der Waals surface area (Å²) in [6, 6.07) is -1.93. The van der Waals surface area contributed by atoms with E-state index >= 15 is 0 Å². The zero-order valence-corrected chi connectivity index (χ0v) is 8.20. The molecule has 13 heavy (non-hydrogen) atoms. The summed E-state index contributed by atoms with van der Waals surface area (Å²) in [6.45, 7) is 1.49. The lowest BCUT2D eigenvalue weighted by atomic mass is 9.94. The molecule has 0 aliphatic heterocycles. The first-order valence-corrected chi connectivity index (χ1v) is 4.43. The van der Waals surface area contributed by atoms with Crippen molar-refractivity contribution < 1.29 is 14.7 Å². The normalized spacial score (nSPS) is 17.5. The van der Waals surface area contributed by atoms with Crippen LogP contribution in [0.2, 0.25) is 0 Å². The number of ketones is 1. The van der Waals surface area contributed by atoms with Crippen molar-refractivity contribution in [2.24, 2.45) is 17.4 Å². The van der Waals surface area contributed by atoms with Crippen molar-refractivity contribution in [3.63, 3.8) is 0 Å². The van der Waals surface area contributed by atoms with Crippen LogP contribution in [0.5, 0.6) is 0 Å². The minimum Gasteiger partial charge on any atom is -0.480 e. The van der Waals surface area contributed by atoms with E-state index in [1.165, 1.54) is 6.92 Å². The number of nitrogens with two attached hydrogens (primary N) is 2. The third-order valence-corrected chi connectivity index (χ3v) is 2.12. The first kappa shape index (κ1) is 12.4. The lowest BCUT2D eigenvalue weighted by Gasteiger charge is -2.18. The number of hydrogen-bond acceptors (Lipinski definition) is 5. The van der Waals surface area contributed by atoms with E-state index in [9.17, 15) is 9.59 Å². The van der Waals surface area contributed by atoms with E-state index in [0.29, 0.717) is 0 Å². The van der Waals surface area contributed by atoms with Crippen molar-refractivity contribution >= 4 is 24.4 Å². The van der Waals surface area contributed by atoms with Crippen molar-refractivity contribution in [2.75, 3.05) is 5.75 Å². The molecule has 0 aromatic heterocycles. The number of carboxylic acids is 1. The summed E-state index contributed by atoms with van der Waals surface area (Å²) in [5, 5.41) is 8.56. The Morgan fingerprint density at radius 3 is 2.15 bits per heavy atom. The quantitative estimate of drug-likeness (QED) is 0.425. The van der Waals surface area contributed by atoms with Gasteiger partial charge in [0.25, 0.3) is 0 Å². The average Bonchev–Trinajstić information content (AvgIpc) is 2.04. The first-order chi connectivity index (χ1) is 5.91. The van der Waals surface area contributed by atoms with Crippen LogP contribution < -0.4 is 11.5 Å². The summed E-state index contributed by atoms with van der Waals surface area (Å²) in [7, 11) is 0. The Balaban J connectivity index is 4.50. The number of thiol groups is 1. The van der Waals surface area contributed by atoms with Gasteiger partial charge in [0.1, 0.15) is 6.04 Å². The Morgan fingerprint density at radius 1 is 1.46 bits per heavy atom. The fourth-order valence-electron chi connectivity index (χ4n) is 0.890. The van der Waals surface area contributed by atoms with Gasteiger partial charge < -0.3 is 16.6 Å². The number of carbonyl (C=O) groups excluding carboxylic acids is 1. The van der Waals surface area contributed by atoms with Crippen molar-refractivity contribution in [1.29, 1.82) is 0 Å². The second-order valence-electron chi connectivity index (χ2n) is 2.84. The number of Topliss-reactive ketones (excluding diaryl/α,β-unsaturated/α-hetero) is 1. The minimum atomic E-state index is -1.23. The van der Waals surface area contributed by atoms with Crippen molar-refractivity contribution in [3.8, 4) is 0 Å². The maximum Gasteiger partial charge on any atom is 0.321 e. The highest BCUT2D eigenvalue weighted by molar-refractivity contribution is 7.80. The van der Waals surface area contributed by atoms with Gasteiger partial charge >= 0.3 is 5.97 Å². The number of carboxylic acid groups (broad SMARTS) is 1. The van der Waals surface area contributed by atoms with Gasteiger partial charge in [0, 0.05) is 5.75 Å². The molecule has 0 aromatic carbocycles. The molecule has 0 bridgehead atoms. The molecule has 0 aliphatic rings. The number of aliphatic carboxylic acids is 1. The predicted octanol–water partition coefficient (Wildman–Crippen LogP) is -1.14. The van der Waals surface area contributed by atoms with E-state index in [-0.39, 0.29) is 11.5 Å². The molecule has 0 saturated heterocycles. The first-order valence-electron chi connectivity index (χ1n) is 3.80. The van der Waals surface area contributed by atoms with Crippen LogP contribution in [0.15, 0.2) is 0 Å². The summed E-state index contributed by atoms with van der Waals surface area (Å²) in [4.78, 5) is 21.8. The van der Waals surface area contributed by atoms with E-state index in [2.05, 4.69) is 12.6 Å². The molecule has 0 heterocycles. The molecule has 0 aliphatic carbocycles. The highest BCUT2D eigenvalue weighted by Gasteiger charge is 2.30. The summed E-state index contributed by atoms with van der Waals surface area (Å²) in [5.41, 5.74) is 10.6. The Kier molecular flexibility index (Phi) is 4.97. The van der Waals surface area contributed by atoms with Crippen molar-refractivity contribution in [2.45, 2.75) is 19.0 Å². The Morgan fingerprint density at radius 2 is 1.92 bits per heavy atom. The Labute approximate surface area is 81.9 Å². The van der Waals surface area contributed by atoms with Gasteiger partial charge in [-0.25, -0.2) is 0 Å². The van der Waals surface area contributed by atoms with Gasteiger partial charge in [0.2, 0.25) is 0 Å². The van der Waals surface area contributed by atoms with Gasteiger partial charge in [-0.3, -0.25) is 9.59 Å². The molecule has 0 amide bonds. The Bertz CT molecular complexity index is 208. The van der Waals surface area contributed by atoms with Gasteiger partial charge in [0.15, 0.2) is 5.78 Å². The van der Waals surface area contributed by atoms with Gasteiger partial charge in [-0.05, 0) is 6.92 Å². The lowest BCUT2D eigenvalue weighted by Crippen LogP contribution is -2.47. The summed E-state index contributed by atoms with van der Waals surface area (Å²) in [5.74, 6) is -2.31. The topological polar surface area (TPSA) is 106 Å². The smallest absolute Gasteiger partial charge is 0.321 e. The molecule has 0 saturated carbocycles. The second kappa shape index (κ2) is 5.21. The third-order valence-electron chi connectivity index (χ3n) is 1.73. The minimum absolute atomic E-state index is 0.0911. The molecule has 0 rings (SSSR count). The molecule has 0 aromatic rings. The molecule has 0 fully saturated rings. The molecule has 0 spiro atoms. The highest BCUT2D eigenvalue weighted by atomic mass is 32.1. The fraction of sp³-hybridized carbons (Fsp3) is 0.714. The van der Waals surface area contributed by atoms with Gasteiger partial charge in [0.05, 0.1) is 12.0 Å². The fourth-order valence-corrected chi connectivity index (χ4v) is 1.30. The van der Waals surface area contributed by atoms with E-state index in [1.807, 2.05) is 0 Å². The number of hydrogen-bond donors (Lipinski definition) is 4. The maximum absolute atomic E-state index is 11.3. The average molecular weight is 206 g/mol. The van der Waals surface area contributed by atoms with Crippen LogP contribution in [0, 0.1) is 5.92 Å². The van der Waals surface area contributed by atoms with E-state index in [1.54, 1.807) is 0 Å². The number of rotatable bonds is 5. The largest absolute Gasteiger partial charge is 0.480 e. The summed E-state index contributed by atoms with van der Waals surface area (Å²) < 4.78 is 0. The van der Waals surface area contributed by atoms with E-state index < -0.39 is 24.0 Å². The third kappa shape index (κ3) is 3.33. The van der Waals surface area contributed by atoms with E-state index in [4.69, 9.17) is 16.6 Å². The van der Waals surface area contributed by atoms with Crippen molar-refractivity contribution in [1.82, 2.24) is 0 Å². The molecular formula is C7H14N2O3S. The van der Waals surface area contributed by atoms with Crippen LogP contribution in [-0.2, 0) is 9.59 Å². The van der Waals surface area contributed by atoms with Crippen LogP contribution in [0.1, 0.15) is 6.92 Å². The van der Waals surface area contributed by atoms with Gasteiger partial charge in [-0.2, -0.15) is 12.6 Å². The highest BCUT2D eigenvalue weighted by Crippen LogP contribution is 2.08. The lowest BCUT2D eigenvalue weighted by molar-refractivity contribution is -0.142. The molecule has 0 radical (unpaired) electrons. The molecule has 5 N–H and O–H groups in total. The van der Waals surface area contributed by atoms with Crippen LogP contribution in [0.25, 0.3) is 0 Å². The van der Waals surface area contributed by atoms with Gasteiger partial charge in [-0.1, -0.05) is 0 Å². The summed E-state index contributed by atoms with van der Waals surface area (Å²) in [6.07, 6.45) is 0. The molecular weight excluding hydrogens is 192 g/mol. The molecule has 6 heteroatoms. The van der Waals surface area contributed by atoms with Crippen LogP contribution >= 0.6 is 12.6 Å². The Hall–Kier alpha value is -0.590. The van der Waals surface area contributed by atoms with Crippen LogP contribution in [0.4, 0.5) is 0 Å². The van der Waals surface area contributed by atoms with E-state index in [0.717, 1.165) is 0 Å².